The molecule has 23 heavy (non-hydrogen) atoms. The van der Waals surface area contributed by atoms with Gasteiger partial charge in [0.1, 0.15) is 5.75 Å². The largest absolute Gasteiger partial charge is 0.497 e. The van der Waals surface area contributed by atoms with Crippen molar-refractivity contribution in [1.82, 2.24) is 5.43 Å². The lowest BCUT2D eigenvalue weighted by molar-refractivity contribution is -0.110. The van der Waals surface area contributed by atoms with Gasteiger partial charge in [-0.2, -0.15) is 5.10 Å². The first-order valence-corrected chi connectivity index (χ1v) is 7.51. The van der Waals surface area contributed by atoms with Crippen molar-refractivity contribution < 1.29 is 14.3 Å². The van der Waals surface area contributed by atoms with Crippen LogP contribution in [0, 0.1) is 0 Å². The van der Waals surface area contributed by atoms with Crippen LogP contribution in [-0.4, -0.2) is 24.6 Å². The van der Waals surface area contributed by atoms with Crippen LogP contribution in [0.1, 0.15) is 15.9 Å². The molecule has 0 aliphatic carbocycles. The van der Waals surface area contributed by atoms with E-state index in [1.165, 1.54) is 0 Å². The first kappa shape index (κ1) is 15.2. The standard InChI is InChI=1S/C16H12BrN3O3/c1-23-11-5-2-9(3-6-11)15(21)20-19-14-12-8-10(17)4-7-13(12)18-16(14)22/h2-8H,1H3,(H,20,21)(H,18,19,22). The van der Waals surface area contributed by atoms with Gasteiger partial charge in [0.05, 0.1) is 12.8 Å². The van der Waals surface area contributed by atoms with E-state index in [9.17, 15) is 9.59 Å². The predicted octanol–water partition coefficient (Wildman–Crippen LogP) is 2.54. The number of benzene rings is 2. The summed E-state index contributed by atoms with van der Waals surface area (Å²) in [7, 11) is 1.55. The Kier molecular flexibility index (Phi) is 4.12. The summed E-state index contributed by atoms with van der Waals surface area (Å²) in [5.41, 5.74) is 4.29. The third-order valence-corrected chi connectivity index (χ3v) is 3.81. The molecule has 1 heterocycles. The maximum Gasteiger partial charge on any atom is 0.276 e. The average Bonchev–Trinajstić information content (AvgIpc) is 2.87. The van der Waals surface area contributed by atoms with E-state index in [1.54, 1.807) is 43.5 Å². The molecular weight excluding hydrogens is 362 g/mol. The third kappa shape index (κ3) is 3.09. The third-order valence-electron chi connectivity index (χ3n) is 3.32. The second kappa shape index (κ2) is 6.21. The highest BCUT2D eigenvalue weighted by atomic mass is 79.9. The molecule has 116 valence electrons. The van der Waals surface area contributed by atoms with E-state index >= 15 is 0 Å². The number of amides is 2. The SMILES string of the molecule is COc1ccc(C(=O)NN=C2C(=O)Nc3ccc(Br)cc32)cc1. The van der Waals surface area contributed by atoms with Gasteiger partial charge in [-0.05, 0) is 42.5 Å². The molecule has 0 bridgehead atoms. The number of hydrogen-bond acceptors (Lipinski definition) is 4. The molecule has 0 unspecified atom stereocenters. The summed E-state index contributed by atoms with van der Waals surface area (Å²) in [6.07, 6.45) is 0. The summed E-state index contributed by atoms with van der Waals surface area (Å²) < 4.78 is 5.86. The molecule has 2 N–H and O–H groups in total. The Morgan fingerprint density at radius 2 is 1.96 bits per heavy atom. The first-order chi connectivity index (χ1) is 11.1. The molecule has 0 aromatic heterocycles. The van der Waals surface area contributed by atoms with E-state index in [-0.39, 0.29) is 11.6 Å². The fourth-order valence-corrected chi connectivity index (χ4v) is 2.51. The van der Waals surface area contributed by atoms with Gasteiger partial charge in [-0.3, -0.25) is 9.59 Å². The molecule has 1 aliphatic heterocycles. The summed E-state index contributed by atoms with van der Waals surface area (Å²) in [5.74, 6) is -0.105. The van der Waals surface area contributed by atoms with E-state index in [0.717, 1.165) is 4.47 Å². The van der Waals surface area contributed by atoms with Crippen LogP contribution in [0.5, 0.6) is 5.75 Å². The Bertz CT molecular complexity index is 816. The maximum atomic E-state index is 12.1. The summed E-state index contributed by atoms with van der Waals surface area (Å²) in [6, 6.07) is 11.9. The topological polar surface area (TPSA) is 79.8 Å². The molecule has 0 saturated carbocycles. The van der Waals surface area contributed by atoms with Crippen molar-refractivity contribution in [3.05, 3.63) is 58.1 Å². The minimum absolute atomic E-state index is 0.170. The van der Waals surface area contributed by atoms with Gasteiger partial charge in [-0.25, -0.2) is 5.43 Å². The predicted molar refractivity (Wildman–Crippen MR) is 89.8 cm³/mol. The summed E-state index contributed by atoms with van der Waals surface area (Å²) >= 11 is 3.35. The Balaban J connectivity index is 1.81. The molecule has 0 atom stereocenters. The van der Waals surface area contributed by atoms with Crippen molar-refractivity contribution in [3.8, 4) is 5.75 Å². The number of rotatable bonds is 3. The second-order valence-electron chi connectivity index (χ2n) is 4.77. The first-order valence-electron chi connectivity index (χ1n) is 6.72. The zero-order valence-electron chi connectivity index (χ0n) is 12.1. The Hall–Kier alpha value is -2.67. The quantitative estimate of drug-likeness (QED) is 0.811. The Labute approximate surface area is 140 Å². The van der Waals surface area contributed by atoms with Crippen LogP contribution in [0.25, 0.3) is 0 Å². The van der Waals surface area contributed by atoms with Crippen molar-refractivity contribution in [2.45, 2.75) is 0 Å². The molecule has 3 rings (SSSR count). The minimum atomic E-state index is -0.406. The summed E-state index contributed by atoms with van der Waals surface area (Å²) in [4.78, 5) is 24.0. The van der Waals surface area contributed by atoms with Crippen LogP contribution >= 0.6 is 15.9 Å². The van der Waals surface area contributed by atoms with Gasteiger partial charge < -0.3 is 10.1 Å². The number of hydrogen-bond donors (Lipinski definition) is 2. The van der Waals surface area contributed by atoms with Gasteiger partial charge in [0, 0.05) is 15.6 Å². The highest BCUT2D eigenvalue weighted by Crippen LogP contribution is 2.26. The van der Waals surface area contributed by atoms with Crippen LogP contribution in [0.15, 0.2) is 52.0 Å². The lowest BCUT2D eigenvalue weighted by atomic mass is 10.1. The number of anilines is 1. The smallest absolute Gasteiger partial charge is 0.276 e. The van der Waals surface area contributed by atoms with Crippen molar-refractivity contribution >= 4 is 39.1 Å². The van der Waals surface area contributed by atoms with Gasteiger partial charge in [-0.1, -0.05) is 15.9 Å². The van der Waals surface area contributed by atoms with Crippen LogP contribution in [-0.2, 0) is 4.79 Å². The summed E-state index contributed by atoms with van der Waals surface area (Å²) in [6.45, 7) is 0. The van der Waals surface area contributed by atoms with E-state index in [1.807, 2.05) is 6.07 Å². The lowest BCUT2D eigenvalue weighted by Crippen LogP contribution is -2.23. The normalized spacial score (nSPS) is 14.3. The number of halogens is 1. The van der Waals surface area contributed by atoms with Crippen LogP contribution in [0.3, 0.4) is 0 Å². The van der Waals surface area contributed by atoms with Gasteiger partial charge >= 0.3 is 0 Å². The van der Waals surface area contributed by atoms with Crippen molar-refractivity contribution in [2.24, 2.45) is 5.10 Å². The molecule has 7 heteroatoms. The molecule has 0 spiro atoms. The van der Waals surface area contributed by atoms with Gasteiger partial charge in [-0.15, -0.1) is 0 Å². The van der Waals surface area contributed by atoms with E-state index in [0.29, 0.717) is 22.6 Å². The zero-order chi connectivity index (χ0) is 16.4. The number of nitrogens with one attached hydrogen (secondary N) is 2. The monoisotopic (exact) mass is 373 g/mol. The zero-order valence-corrected chi connectivity index (χ0v) is 13.7. The molecule has 1 aliphatic rings. The van der Waals surface area contributed by atoms with Crippen molar-refractivity contribution in [1.29, 1.82) is 0 Å². The number of fused-ring (bicyclic) bond motifs is 1. The molecule has 6 nitrogen and oxygen atoms in total. The number of carbonyl (C=O) groups is 2. The lowest BCUT2D eigenvalue weighted by Gasteiger charge is -2.03. The molecule has 0 saturated heterocycles. The van der Waals surface area contributed by atoms with E-state index in [4.69, 9.17) is 4.74 Å². The molecule has 2 aromatic rings. The Morgan fingerprint density at radius 1 is 1.22 bits per heavy atom. The number of methoxy groups -OCH3 is 1. The summed E-state index contributed by atoms with van der Waals surface area (Å²) in [5, 5.41) is 6.65. The van der Waals surface area contributed by atoms with Crippen molar-refractivity contribution in [2.75, 3.05) is 12.4 Å². The number of hydrazone groups is 1. The van der Waals surface area contributed by atoms with Crippen LogP contribution < -0.4 is 15.5 Å². The van der Waals surface area contributed by atoms with E-state index < -0.39 is 5.91 Å². The molecule has 0 fully saturated rings. The van der Waals surface area contributed by atoms with Gasteiger partial charge in [0.15, 0.2) is 5.71 Å². The molecule has 0 radical (unpaired) electrons. The Morgan fingerprint density at radius 3 is 2.65 bits per heavy atom. The second-order valence-corrected chi connectivity index (χ2v) is 5.69. The number of carbonyl (C=O) groups excluding carboxylic acids is 2. The number of nitrogens with zero attached hydrogens (tertiary/aromatic N) is 1. The van der Waals surface area contributed by atoms with Gasteiger partial charge in [0.2, 0.25) is 0 Å². The van der Waals surface area contributed by atoms with Crippen LogP contribution in [0.2, 0.25) is 0 Å². The molecule has 2 amide bonds. The molecular formula is C16H12BrN3O3. The highest BCUT2D eigenvalue weighted by molar-refractivity contribution is 9.10. The molecule has 2 aromatic carbocycles. The average molecular weight is 374 g/mol. The fourth-order valence-electron chi connectivity index (χ4n) is 2.15. The van der Waals surface area contributed by atoms with Crippen LogP contribution in [0.4, 0.5) is 5.69 Å². The highest BCUT2D eigenvalue weighted by Gasteiger charge is 2.26. The van der Waals surface area contributed by atoms with Gasteiger partial charge in [0.25, 0.3) is 11.8 Å². The van der Waals surface area contributed by atoms with E-state index in [2.05, 4.69) is 31.8 Å². The van der Waals surface area contributed by atoms with Crippen molar-refractivity contribution in [3.63, 3.8) is 0 Å². The number of ether oxygens (including phenoxy) is 1. The maximum absolute atomic E-state index is 12.1. The fraction of sp³-hybridized carbons (Fsp3) is 0.0625. The minimum Gasteiger partial charge on any atom is -0.497 e.